The van der Waals surface area contributed by atoms with E-state index in [4.69, 9.17) is 21.1 Å². The molecule has 1 unspecified atom stereocenters. The van der Waals surface area contributed by atoms with Gasteiger partial charge in [0.2, 0.25) is 0 Å². The van der Waals surface area contributed by atoms with Gasteiger partial charge < -0.3 is 14.8 Å². The Bertz CT molecular complexity index is 1230. The molecule has 0 fully saturated rings. The zero-order valence-corrected chi connectivity index (χ0v) is 21.3. The highest BCUT2D eigenvalue weighted by Crippen LogP contribution is 2.49. The zero-order chi connectivity index (χ0) is 24.5. The number of methoxy groups -OCH3 is 2. The summed E-state index contributed by atoms with van der Waals surface area (Å²) >= 11 is 7.59. The monoisotopic (exact) mass is 494 g/mol. The van der Waals surface area contributed by atoms with Crippen LogP contribution in [0.5, 0.6) is 11.5 Å². The summed E-state index contributed by atoms with van der Waals surface area (Å²) in [5.41, 5.74) is 3.90. The molecule has 0 bridgehead atoms. The van der Waals surface area contributed by atoms with Crippen LogP contribution in [0.3, 0.4) is 0 Å². The van der Waals surface area contributed by atoms with Gasteiger partial charge in [-0.1, -0.05) is 43.6 Å². The largest absolute Gasteiger partial charge is 0.493 e. The summed E-state index contributed by atoms with van der Waals surface area (Å²) in [7, 11) is 3.17. The Morgan fingerprint density at radius 2 is 1.82 bits per heavy atom. The van der Waals surface area contributed by atoms with E-state index in [1.807, 2.05) is 42.5 Å². The van der Waals surface area contributed by atoms with E-state index in [1.165, 1.54) is 0 Å². The molecule has 0 amide bonds. The predicted molar refractivity (Wildman–Crippen MR) is 136 cm³/mol. The first-order valence-electron chi connectivity index (χ1n) is 11.0. The third kappa shape index (κ3) is 4.82. The highest BCUT2D eigenvalue weighted by molar-refractivity contribution is 8.02. The normalized spacial score (nSPS) is 19.3. The van der Waals surface area contributed by atoms with Crippen LogP contribution < -0.4 is 14.8 Å². The van der Waals surface area contributed by atoms with Gasteiger partial charge in [0, 0.05) is 28.5 Å². The number of ketones is 1. The van der Waals surface area contributed by atoms with Gasteiger partial charge in [0.25, 0.3) is 0 Å². The van der Waals surface area contributed by atoms with E-state index in [-0.39, 0.29) is 11.2 Å². The molecule has 1 aliphatic heterocycles. The SMILES string of the molecule is COc1ccc(C2C(C#N)=C(SCc3ccc(Cl)cc3)NC3=C2C(=O)CC(C)(C)C3)cc1OC. The minimum Gasteiger partial charge on any atom is -0.493 e. The average molecular weight is 495 g/mol. The van der Waals surface area contributed by atoms with E-state index < -0.39 is 5.92 Å². The fourth-order valence-corrected chi connectivity index (χ4v) is 5.74. The number of carbonyl (C=O) groups excluding carboxylic acids is 1. The molecule has 1 heterocycles. The Morgan fingerprint density at radius 1 is 1.12 bits per heavy atom. The standard InChI is InChI=1S/C27H27ClN2O3S/c1-27(2)12-20-25(21(31)13-27)24(17-7-10-22(32-3)23(11-17)33-4)19(14-29)26(30-20)34-15-16-5-8-18(28)9-6-16/h5-11,24,30H,12-13,15H2,1-4H3. The van der Waals surface area contributed by atoms with Gasteiger partial charge >= 0.3 is 0 Å². The Balaban J connectivity index is 1.80. The topological polar surface area (TPSA) is 71.3 Å². The lowest BCUT2D eigenvalue weighted by atomic mass is 9.69. The van der Waals surface area contributed by atoms with E-state index in [0.717, 1.165) is 28.3 Å². The van der Waals surface area contributed by atoms with E-state index in [0.29, 0.717) is 39.8 Å². The molecule has 0 saturated heterocycles. The highest BCUT2D eigenvalue weighted by Gasteiger charge is 2.42. The zero-order valence-electron chi connectivity index (χ0n) is 19.7. The van der Waals surface area contributed by atoms with Gasteiger partial charge in [0.1, 0.15) is 0 Å². The van der Waals surface area contributed by atoms with E-state index in [1.54, 1.807) is 26.0 Å². The molecule has 2 aliphatic rings. The van der Waals surface area contributed by atoms with Crippen LogP contribution in [-0.2, 0) is 10.5 Å². The maximum Gasteiger partial charge on any atom is 0.162 e. The Hall–Kier alpha value is -2.88. The lowest BCUT2D eigenvalue weighted by Crippen LogP contribution is -2.36. The predicted octanol–water partition coefficient (Wildman–Crippen LogP) is 6.36. The average Bonchev–Trinajstić information content (AvgIpc) is 2.81. The molecule has 1 N–H and O–H groups in total. The number of ether oxygens (including phenoxy) is 2. The van der Waals surface area contributed by atoms with Gasteiger partial charge in [-0.15, -0.1) is 11.8 Å². The number of carbonyl (C=O) groups is 1. The smallest absolute Gasteiger partial charge is 0.162 e. The molecule has 0 spiro atoms. The molecule has 2 aromatic rings. The summed E-state index contributed by atoms with van der Waals surface area (Å²) in [5.74, 6) is 1.45. The molecule has 2 aromatic carbocycles. The van der Waals surface area contributed by atoms with Crippen LogP contribution >= 0.6 is 23.4 Å². The number of thioether (sulfide) groups is 1. The van der Waals surface area contributed by atoms with E-state index in [9.17, 15) is 10.1 Å². The summed E-state index contributed by atoms with van der Waals surface area (Å²) in [5, 5.41) is 15.2. The van der Waals surface area contributed by atoms with Crippen LogP contribution in [-0.4, -0.2) is 20.0 Å². The van der Waals surface area contributed by atoms with Crippen LogP contribution in [0.15, 0.2) is 64.3 Å². The van der Waals surface area contributed by atoms with Crippen LogP contribution in [0.1, 0.15) is 43.7 Å². The third-order valence-electron chi connectivity index (χ3n) is 6.16. The lowest BCUT2D eigenvalue weighted by Gasteiger charge is -2.39. The molecule has 5 nitrogen and oxygen atoms in total. The molecule has 0 aromatic heterocycles. The van der Waals surface area contributed by atoms with Gasteiger partial charge in [-0.2, -0.15) is 5.26 Å². The number of nitrogens with zero attached hydrogens (tertiary/aromatic N) is 1. The quantitative estimate of drug-likeness (QED) is 0.504. The van der Waals surface area contributed by atoms with Crippen molar-refractivity contribution in [3.63, 3.8) is 0 Å². The van der Waals surface area contributed by atoms with Gasteiger partial charge in [-0.25, -0.2) is 0 Å². The first kappa shape index (κ1) is 24.3. The summed E-state index contributed by atoms with van der Waals surface area (Å²) < 4.78 is 10.9. The lowest BCUT2D eigenvalue weighted by molar-refractivity contribution is -0.118. The number of nitriles is 1. The molecule has 34 heavy (non-hydrogen) atoms. The summed E-state index contributed by atoms with van der Waals surface area (Å²) in [4.78, 5) is 13.4. The van der Waals surface area contributed by atoms with Crippen molar-refractivity contribution in [1.29, 1.82) is 5.26 Å². The van der Waals surface area contributed by atoms with Crippen LogP contribution in [0, 0.1) is 16.7 Å². The maximum absolute atomic E-state index is 13.4. The van der Waals surface area contributed by atoms with Gasteiger partial charge in [0.05, 0.1) is 36.8 Å². The van der Waals surface area contributed by atoms with Crippen molar-refractivity contribution in [2.45, 2.75) is 38.4 Å². The van der Waals surface area contributed by atoms with Gasteiger partial charge in [-0.05, 0) is 47.2 Å². The molecular formula is C27H27ClN2O3S. The van der Waals surface area contributed by atoms with Crippen molar-refractivity contribution in [3.05, 3.63) is 80.5 Å². The first-order chi connectivity index (χ1) is 16.3. The maximum atomic E-state index is 13.4. The molecule has 1 aliphatic carbocycles. The van der Waals surface area contributed by atoms with E-state index >= 15 is 0 Å². The number of benzene rings is 2. The number of hydrogen-bond acceptors (Lipinski definition) is 6. The van der Waals surface area contributed by atoms with Gasteiger partial charge in [-0.3, -0.25) is 4.79 Å². The number of dihydropyridines is 1. The third-order valence-corrected chi connectivity index (χ3v) is 7.50. The van der Waals surface area contributed by atoms with Crippen molar-refractivity contribution in [3.8, 4) is 17.6 Å². The number of hydrogen-bond donors (Lipinski definition) is 1. The second-order valence-electron chi connectivity index (χ2n) is 9.28. The molecule has 7 heteroatoms. The Labute approximate surface area is 209 Å². The van der Waals surface area contributed by atoms with Crippen molar-refractivity contribution >= 4 is 29.1 Å². The number of halogens is 1. The first-order valence-corrected chi connectivity index (χ1v) is 12.4. The van der Waals surface area contributed by atoms with Crippen molar-refractivity contribution in [1.82, 2.24) is 5.32 Å². The van der Waals surface area contributed by atoms with Crippen LogP contribution in [0.25, 0.3) is 0 Å². The van der Waals surface area contributed by atoms with Crippen molar-refractivity contribution < 1.29 is 14.3 Å². The minimum atomic E-state index is -0.461. The molecule has 0 radical (unpaired) electrons. The number of allylic oxidation sites excluding steroid dienone is 3. The fourth-order valence-electron chi connectivity index (χ4n) is 4.59. The second kappa shape index (κ2) is 9.77. The fraction of sp³-hybridized carbons (Fsp3) is 0.333. The summed E-state index contributed by atoms with van der Waals surface area (Å²) in [6, 6.07) is 15.7. The Kier molecular flexibility index (Phi) is 6.97. The molecule has 176 valence electrons. The Morgan fingerprint density at radius 3 is 2.47 bits per heavy atom. The second-order valence-corrected chi connectivity index (χ2v) is 10.7. The number of Topliss-reactive ketones (excluding diaryl/α,β-unsaturated/α-hetero) is 1. The van der Waals surface area contributed by atoms with Crippen LogP contribution in [0.4, 0.5) is 0 Å². The van der Waals surface area contributed by atoms with Crippen molar-refractivity contribution in [2.24, 2.45) is 5.41 Å². The number of nitrogens with one attached hydrogen (secondary N) is 1. The minimum absolute atomic E-state index is 0.0769. The highest BCUT2D eigenvalue weighted by atomic mass is 35.5. The summed E-state index contributed by atoms with van der Waals surface area (Å²) in [6.07, 6.45) is 1.19. The summed E-state index contributed by atoms with van der Waals surface area (Å²) in [6.45, 7) is 4.21. The van der Waals surface area contributed by atoms with Crippen molar-refractivity contribution in [2.75, 3.05) is 14.2 Å². The number of rotatable bonds is 6. The molecule has 1 atom stereocenters. The van der Waals surface area contributed by atoms with Crippen LogP contribution in [0.2, 0.25) is 5.02 Å². The van der Waals surface area contributed by atoms with E-state index in [2.05, 4.69) is 25.2 Å². The molecular weight excluding hydrogens is 468 g/mol. The molecule has 4 rings (SSSR count). The van der Waals surface area contributed by atoms with Gasteiger partial charge in [0.15, 0.2) is 17.3 Å². The molecule has 0 saturated carbocycles.